The lowest BCUT2D eigenvalue weighted by atomic mass is 9.99. The average Bonchev–Trinajstić information content (AvgIpc) is 2.65. The first kappa shape index (κ1) is 18.4. The van der Waals surface area contributed by atoms with Crippen molar-refractivity contribution in [3.8, 4) is 0 Å². The van der Waals surface area contributed by atoms with Crippen molar-refractivity contribution in [1.82, 2.24) is 14.9 Å². The van der Waals surface area contributed by atoms with Gasteiger partial charge in [0, 0.05) is 25.2 Å². The van der Waals surface area contributed by atoms with E-state index in [0.717, 1.165) is 25.8 Å². The Morgan fingerprint density at radius 2 is 2.08 bits per heavy atom. The van der Waals surface area contributed by atoms with Crippen LogP contribution in [0.15, 0.2) is 30.3 Å². The maximum absolute atomic E-state index is 13.0. The van der Waals surface area contributed by atoms with E-state index < -0.39 is 0 Å². The molecule has 0 radical (unpaired) electrons. The van der Waals surface area contributed by atoms with Crippen LogP contribution in [0.25, 0.3) is 0 Å². The minimum absolute atomic E-state index is 0.0284. The molecule has 3 rings (SSSR count). The van der Waals surface area contributed by atoms with E-state index in [1.54, 1.807) is 6.07 Å². The average molecular weight is 352 g/mol. The molecule has 5 heteroatoms. The Labute approximate surface area is 155 Å². The first-order valence-corrected chi connectivity index (χ1v) is 9.53. The molecule has 0 bridgehead atoms. The topological polar surface area (TPSA) is 58.1 Å². The minimum atomic E-state index is 0.0284. The fourth-order valence-electron chi connectivity index (χ4n) is 3.62. The predicted molar refractivity (Wildman–Crippen MR) is 104 cm³/mol. The molecule has 0 saturated carbocycles. The fourth-order valence-corrected chi connectivity index (χ4v) is 3.62. The first-order chi connectivity index (χ1) is 12.6. The smallest absolute Gasteiger partial charge is 0.272 e. The number of amides is 1. The lowest BCUT2D eigenvalue weighted by Crippen LogP contribution is -2.43. The van der Waals surface area contributed by atoms with Crippen LogP contribution in [-0.4, -0.2) is 33.4 Å². The number of anilines is 1. The number of aryl methyl sites for hydroxylation is 2. The standard InChI is InChI=1S/C21H28N4O/c1-4-18-10-5-6-11-25(18)21(26)19-13-20(24-16(3)23-19)22-14-17-9-7-8-15(2)12-17/h7-9,12-13,18H,4-6,10-11,14H2,1-3H3,(H,22,23,24). The number of piperidine rings is 1. The second-order valence-electron chi connectivity index (χ2n) is 7.08. The summed E-state index contributed by atoms with van der Waals surface area (Å²) in [5.74, 6) is 1.35. The number of nitrogens with zero attached hydrogens (tertiary/aromatic N) is 3. The van der Waals surface area contributed by atoms with Crippen molar-refractivity contribution < 1.29 is 4.79 Å². The molecule has 1 saturated heterocycles. The lowest BCUT2D eigenvalue weighted by molar-refractivity contribution is 0.0601. The first-order valence-electron chi connectivity index (χ1n) is 9.53. The van der Waals surface area contributed by atoms with Crippen molar-refractivity contribution in [2.75, 3.05) is 11.9 Å². The summed E-state index contributed by atoms with van der Waals surface area (Å²) in [5, 5.41) is 3.33. The van der Waals surface area contributed by atoms with E-state index >= 15 is 0 Å². The van der Waals surface area contributed by atoms with Crippen molar-refractivity contribution in [1.29, 1.82) is 0 Å². The van der Waals surface area contributed by atoms with Gasteiger partial charge in [0.1, 0.15) is 17.3 Å². The third-order valence-corrected chi connectivity index (χ3v) is 4.97. The Kier molecular flexibility index (Phi) is 5.86. The molecule has 26 heavy (non-hydrogen) atoms. The van der Waals surface area contributed by atoms with Gasteiger partial charge in [0.2, 0.25) is 0 Å². The molecule has 5 nitrogen and oxygen atoms in total. The van der Waals surface area contributed by atoms with E-state index in [-0.39, 0.29) is 5.91 Å². The Morgan fingerprint density at radius 3 is 2.85 bits per heavy atom. The predicted octanol–water partition coefficient (Wildman–Crippen LogP) is 4.11. The van der Waals surface area contributed by atoms with Gasteiger partial charge in [0.25, 0.3) is 5.91 Å². The van der Waals surface area contributed by atoms with Gasteiger partial charge in [-0.15, -0.1) is 0 Å². The van der Waals surface area contributed by atoms with Crippen LogP contribution in [-0.2, 0) is 6.54 Å². The second-order valence-corrected chi connectivity index (χ2v) is 7.08. The lowest BCUT2D eigenvalue weighted by Gasteiger charge is -2.35. The molecular weight excluding hydrogens is 324 g/mol. The van der Waals surface area contributed by atoms with E-state index in [1.165, 1.54) is 17.5 Å². The van der Waals surface area contributed by atoms with Crippen LogP contribution in [0.1, 0.15) is 60.0 Å². The number of hydrogen-bond acceptors (Lipinski definition) is 4. The molecule has 1 aliphatic rings. The fraction of sp³-hybridized carbons (Fsp3) is 0.476. The Morgan fingerprint density at radius 1 is 1.23 bits per heavy atom. The summed E-state index contributed by atoms with van der Waals surface area (Å²) >= 11 is 0. The maximum Gasteiger partial charge on any atom is 0.272 e. The number of carbonyl (C=O) groups excluding carboxylic acids is 1. The van der Waals surface area contributed by atoms with Gasteiger partial charge in [0.15, 0.2) is 0 Å². The highest BCUT2D eigenvalue weighted by atomic mass is 16.2. The number of nitrogens with one attached hydrogen (secondary N) is 1. The third-order valence-electron chi connectivity index (χ3n) is 4.97. The van der Waals surface area contributed by atoms with E-state index in [0.29, 0.717) is 29.9 Å². The summed E-state index contributed by atoms with van der Waals surface area (Å²) in [4.78, 5) is 23.8. The largest absolute Gasteiger partial charge is 0.366 e. The number of hydrogen-bond donors (Lipinski definition) is 1. The second kappa shape index (κ2) is 8.30. The zero-order valence-corrected chi connectivity index (χ0v) is 16.0. The molecule has 1 unspecified atom stereocenters. The van der Waals surface area contributed by atoms with Crippen molar-refractivity contribution in [3.05, 3.63) is 53.0 Å². The number of carbonyl (C=O) groups is 1. The molecule has 1 fully saturated rings. The quantitative estimate of drug-likeness (QED) is 0.880. The summed E-state index contributed by atoms with van der Waals surface area (Å²) < 4.78 is 0. The Hall–Kier alpha value is -2.43. The van der Waals surface area contributed by atoms with E-state index in [4.69, 9.17) is 0 Å². The Bertz CT molecular complexity index is 774. The van der Waals surface area contributed by atoms with Crippen molar-refractivity contribution in [2.24, 2.45) is 0 Å². The van der Waals surface area contributed by atoms with Crippen molar-refractivity contribution >= 4 is 11.7 Å². The van der Waals surface area contributed by atoms with Gasteiger partial charge in [-0.1, -0.05) is 36.8 Å². The van der Waals surface area contributed by atoms with E-state index in [2.05, 4.69) is 47.3 Å². The molecule has 2 aromatic rings. The molecule has 0 aliphatic carbocycles. The summed E-state index contributed by atoms with van der Waals surface area (Å²) in [6.45, 7) is 7.57. The van der Waals surface area contributed by atoms with Crippen LogP contribution in [0.4, 0.5) is 5.82 Å². The normalized spacial score (nSPS) is 17.2. The van der Waals surface area contributed by atoms with Gasteiger partial charge >= 0.3 is 0 Å². The zero-order chi connectivity index (χ0) is 18.5. The maximum atomic E-state index is 13.0. The van der Waals surface area contributed by atoms with Gasteiger partial charge in [-0.3, -0.25) is 4.79 Å². The summed E-state index contributed by atoms with van der Waals surface area (Å²) in [7, 11) is 0. The van der Waals surface area contributed by atoms with Crippen LogP contribution in [0.3, 0.4) is 0 Å². The SMILES string of the molecule is CCC1CCCCN1C(=O)c1cc(NCc2cccc(C)c2)nc(C)n1. The van der Waals surface area contributed by atoms with Gasteiger partial charge in [-0.25, -0.2) is 9.97 Å². The highest BCUT2D eigenvalue weighted by molar-refractivity contribution is 5.93. The molecule has 1 N–H and O–H groups in total. The zero-order valence-electron chi connectivity index (χ0n) is 16.0. The molecule has 138 valence electrons. The van der Waals surface area contributed by atoms with Gasteiger partial charge < -0.3 is 10.2 Å². The highest BCUT2D eigenvalue weighted by Gasteiger charge is 2.27. The molecule has 1 aromatic heterocycles. The van der Waals surface area contributed by atoms with Gasteiger partial charge in [-0.05, 0) is 45.1 Å². The molecular formula is C21H28N4O. The molecule has 1 aromatic carbocycles. The highest BCUT2D eigenvalue weighted by Crippen LogP contribution is 2.22. The molecule has 1 amide bonds. The van der Waals surface area contributed by atoms with Crippen LogP contribution < -0.4 is 5.32 Å². The van der Waals surface area contributed by atoms with Crippen molar-refractivity contribution in [2.45, 2.75) is 59.0 Å². The van der Waals surface area contributed by atoms with Crippen LogP contribution in [0, 0.1) is 13.8 Å². The monoisotopic (exact) mass is 352 g/mol. The summed E-state index contributed by atoms with van der Waals surface area (Å²) in [6, 6.07) is 10.5. The number of benzene rings is 1. The van der Waals surface area contributed by atoms with E-state index in [9.17, 15) is 4.79 Å². The molecule has 1 atom stereocenters. The summed E-state index contributed by atoms with van der Waals surface area (Å²) in [6.07, 6.45) is 4.36. The van der Waals surface area contributed by atoms with Gasteiger partial charge in [0.05, 0.1) is 0 Å². The van der Waals surface area contributed by atoms with Crippen LogP contribution in [0.2, 0.25) is 0 Å². The van der Waals surface area contributed by atoms with Gasteiger partial charge in [-0.2, -0.15) is 0 Å². The molecule has 1 aliphatic heterocycles. The van der Waals surface area contributed by atoms with Crippen LogP contribution in [0.5, 0.6) is 0 Å². The number of aromatic nitrogens is 2. The molecule has 0 spiro atoms. The third kappa shape index (κ3) is 4.40. The van der Waals surface area contributed by atoms with E-state index in [1.807, 2.05) is 17.9 Å². The molecule has 2 heterocycles. The van der Waals surface area contributed by atoms with Crippen molar-refractivity contribution in [3.63, 3.8) is 0 Å². The van der Waals surface area contributed by atoms with Crippen LogP contribution >= 0.6 is 0 Å². The Balaban J connectivity index is 1.75. The number of rotatable bonds is 5. The number of likely N-dealkylation sites (tertiary alicyclic amines) is 1. The summed E-state index contributed by atoms with van der Waals surface area (Å²) in [5.41, 5.74) is 2.91. The minimum Gasteiger partial charge on any atom is -0.366 e.